The molecule has 1 unspecified atom stereocenters. The number of para-hydroxylation sites is 1. The van der Waals surface area contributed by atoms with Gasteiger partial charge in [-0.2, -0.15) is 0 Å². The standard InChI is InChI=1S/C18H18FN/c1-14(13-15-7-3-2-4-8-15)20-12-6-10-16-9-5-11-17(19)18(16)20/h2-9,11-12,14H,10,13H2,1H3. The molecule has 1 aliphatic heterocycles. The number of halogens is 1. The Hall–Kier alpha value is -2.09. The maximum absolute atomic E-state index is 14.1. The molecule has 0 radical (unpaired) electrons. The molecule has 0 saturated carbocycles. The van der Waals surface area contributed by atoms with Gasteiger partial charge in [0.25, 0.3) is 0 Å². The van der Waals surface area contributed by atoms with Crippen LogP contribution in [0.1, 0.15) is 18.1 Å². The highest BCUT2D eigenvalue weighted by molar-refractivity contribution is 5.60. The highest BCUT2D eigenvalue weighted by atomic mass is 19.1. The molecular formula is C18H18FN. The summed E-state index contributed by atoms with van der Waals surface area (Å²) in [6, 6.07) is 15.9. The lowest BCUT2D eigenvalue weighted by molar-refractivity contribution is 0.605. The molecule has 0 spiro atoms. The van der Waals surface area contributed by atoms with Crippen molar-refractivity contribution in [2.45, 2.75) is 25.8 Å². The van der Waals surface area contributed by atoms with Gasteiger partial charge >= 0.3 is 0 Å². The van der Waals surface area contributed by atoms with Gasteiger partial charge in [-0.15, -0.1) is 0 Å². The van der Waals surface area contributed by atoms with Crippen LogP contribution in [0.25, 0.3) is 0 Å². The average Bonchev–Trinajstić information content (AvgIpc) is 2.48. The van der Waals surface area contributed by atoms with Crippen molar-refractivity contribution < 1.29 is 4.39 Å². The van der Waals surface area contributed by atoms with E-state index < -0.39 is 0 Å². The minimum atomic E-state index is -0.133. The predicted octanol–water partition coefficient (Wildman–Crippen LogP) is 4.33. The first-order valence-corrected chi connectivity index (χ1v) is 7.02. The highest BCUT2D eigenvalue weighted by Crippen LogP contribution is 2.31. The van der Waals surface area contributed by atoms with E-state index in [1.54, 1.807) is 12.1 Å². The molecule has 0 saturated heterocycles. The topological polar surface area (TPSA) is 3.24 Å². The summed E-state index contributed by atoms with van der Waals surface area (Å²) in [5.41, 5.74) is 3.07. The van der Waals surface area contributed by atoms with Crippen molar-refractivity contribution >= 4 is 5.69 Å². The third kappa shape index (κ3) is 2.46. The van der Waals surface area contributed by atoms with Crippen molar-refractivity contribution in [3.63, 3.8) is 0 Å². The normalized spacial score (nSPS) is 15.0. The second kappa shape index (κ2) is 5.49. The van der Waals surface area contributed by atoms with E-state index in [2.05, 4.69) is 30.0 Å². The number of rotatable bonds is 3. The molecule has 1 atom stereocenters. The maximum atomic E-state index is 14.1. The zero-order valence-electron chi connectivity index (χ0n) is 11.6. The van der Waals surface area contributed by atoms with Gasteiger partial charge in [-0.1, -0.05) is 48.5 Å². The molecule has 0 fully saturated rings. The molecule has 2 aromatic carbocycles. The molecule has 102 valence electrons. The highest BCUT2D eigenvalue weighted by Gasteiger charge is 2.21. The number of anilines is 1. The van der Waals surface area contributed by atoms with Gasteiger partial charge in [0.1, 0.15) is 5.82 Å². The molecule has 3 rings (SSSR count). The van der Waals surface area contributed by atoms with E-state index in [-0.39, 0.29) is 11.9 Å². The first kappa shape index (κ1) is 12.9. The number of fused-ring (bicyclic) bond motifs is 1. The van der Waals surface area contributed by atoms with E-state index in [9.17, 15) is 4.39 Å². The molecule has 1 heterocycles. The van der Waals surface area contributed by atoms with Crippen LogP contribution >= 0.6 is 0 Å². The first-order valence-electron chi connectivity index (χ1n) is 7.02. The molecule has 1 nitrogen and oxygen atoms in total. The Labute approximate surface area is 119 Å². The Morgan fingerprint density at radius 1 is 1.10 bits per heavy atom. The summed E-state index contributed by atoms with van der Waals surface area (Å²) in [6.45, 7) is 2.14. The number of hydrogen-bond donors (Lipinski definition) is 0. The van der Waals surface area contributed by atoms with Crippen LogP contribution < -0.4 is 4.90 Å². The third-order valence-electron chi connectivity index (χ3n) is 3.78. The molecule has 2 heteroatoms. The van der Waals surface area contributed by atoms with Crippen LogP contribution in [0.5, 0.6) is 0 Å². The number of nitrogens with zero attached hydrogens (tertiary/aromatic N) is 1. The Morgan fingerprint density at radius 2 is 1.90 bits per heavy atom. The van der Waals surface area contributed by atoms with Crippen molar-refractivity contribution in [2.75, 3.05) is 4.90 Å². The van der Waals surface area contributed by atoms with Crippen molar-refractivity contribution in [1.82, 2.24) is 0 Å². The first-order chi connectivity index (χ1) is 9.75. The van der Waals surface area contributed by atoms with Crippen LogP contribution in [-0.2, 0) is 12.8 Å². The molecule has 0 N–H and O–H groups in total. The van der Waals surface area contributed by atoms with Crippen molar-refractivity contribution in [3.05, 3.63) is 77.8 Å². The zero-order valence-corrected chi connectivity index (χ0v) is 11.6. The van der Waals surface area contributed by atoms with E-state index in [1.807, 2.05) is 30.5 Å². The van der Waals surface area contributed by atoms with Crippen LogP contribution in [0, 0.1) is 5.82 Å². The minimum absolute atomic E-state index is 0.133. The fourth-order valence-electron chi connectivity index (χ4n) is 2.80. The summed E-state index contributed by atoms with van der Waals surface area (Å²) < 4.78 is 14.1. The Kier molecular flexibility index (Phi) is 3.55. The van der Waals surface area contributed by atoms with Crippen LogP contribution in [0.2, 0.25) is 0 Å². The van der Waals surface area contributed by atoms with Crippen LogP contribution in [0.3, 0.4) is 0 Å². The molecule has 0 amide bonds. The van der Waals surface area contributed by atoms with Crippen LogP contribution in [0.4, 0.5) is 10.1 Å². The molecule has 0 aromatic heterocycles. The van der Waals surface area contributed by atoms with Crippen LogP contribution in [-0.4, -0.2) is 6.04 Å². The molecule has 0 bridgehead atoms. The van der Waals surface area contributed by atoms with Crippen molar-refractivity contribution in [1.29, 1.82) is 0 Å². The third-order valence-corrected chi connectivity index (χ3v) is 3.78. The van der Waals surface area contributed by atoms with Gasteiger partial charge in [-0.3, -0.25) is 0 Å². The predicted molar refractivity (Wildman–Crippen MR) is 81.3 cm³/mol. The van der Waals surface area contributed by atoms with E-state index in [0.717, 1.165) is 24.1 Å². The molecule has 2 aromatic rings. The van der Waals surface area contributed by atoms with E-state index >= 15 is 0 Å². The van der Waals surface area contributed by atoms with Gasteiger partial charge in [-0.05, 0) is 37.0 Å². The van der Waals surface area contributed by atoms with Gasteiger partial charge < -0.3 is 4.90 Å². The fourth-order valence-corrected chi connectivity index (χ4v) is 2.80. The van der Waals surface area contributed by atoms with Crippen LogP contribution in [0.15, 0.2) is 60.8 Å². The zero-order chi connectivity index (χ0) is 13.9. The monoisotopic (exact) mass is 267 g/mol. The lowest BCUT2D eigenvalue weighted by Crippen LogP contribution is -2.32. The fraction of sp³-hybridized carbons (Fsp3) is 0.222. The van der Waals surface area contributed by atoms with E-state index in [0.29, 0.717) is 0 Å². The summed E-state index contributed by atoms with van der Waals surface area (Å²) in [5, 5.41) is 0. The average molecular weight is 267 g/mol. The maximum Gasteiger partial charge on any atom is 0.147 e. The number of benzene rings is 2. The number of allylic oxidation sites excluding steroid dienone is 1. The van der Waals surface area contributed by atoms with E-state index in [4.69, 9.17) is 0 Å². The Bertz CT molecular complexity index is 619. The lowest BCUT2D eigenvalue weighted by atomic mass is 10.0. The van der Waals surface area contributed by atoms with Gasteiger partial charge in [-0.25, -0.2) is 4.39 Å². The molecular weight excluding hydrogens is 249 g/mol. The Balaban J connectivity index is 1.87. The molecule has 1 aliphatic rings. The van der Waals surface area contributed by atoms with Crippen molar-refractivity contribution in [2.24, 2.45) is 0 Å². The van der Waals surface area contributed by atoms with Gasteiger partial charge in [0.15, 0.2) is 0 Å². The summed E-state index contributed by atoms with van der Waals surface area (Å²) in [7, 11) is 0. The largest absolute Gasteiger partial charge is 0.343 e. The summed E-state index contributed by atoms with van der Waals surface area (Å²) in [6.07, 6.45) is 5.82. The second-order valence-electron chi connectivity index (χ2n) is 5.28. The smallest absolute Gasteiger partial charge is 0.147 e. The molecule has 0 aliphatic carbocycles. The summed E-state index contributed by atoms with van der Waals surface area (Å²) in [5.74, 6) is -0.133. The summed E-state index contributed by atoms with van der Waals surface area (Å²) >= 11 is 0. The Morgan fingerprint density at radius 3 is 2.70 bits per heavy atom. The van der Waals surface area contributed by atoms with Gasteiger partial charge in [0.05, 0.1) is 5.69 Å². The minimum Gasteiger partial charge on any atom is -0.343 e. The lowest BCUT2D eigenvalue weighted by Gasteiger charge is -2.32. The van der Waals surface area contributed by atoms with E-state index in [1.165, 1.54) is 5.56 Å². The second-order valence-corrected chi connectivity index (χ2v) is 5.28. The summed E-state index contributed by atoms with van der Waals surface area (Å²) in [4.78, 5) is 2.06. The van der Waals surface area contributed by atoms with Gasteiger partial charge in [0.2, 0.25) is 0 Å². The van der Waals surface area contributed by atoms with Crippen molar-refractivity contribution in [3.8, 4) is 0 Å². The SMILES string of the molecule is CC(Cc1ccccc1)N1C=CCc2cccc(F)c21. The molecule has 20 heavy (non-hydrogen) atoms. The quantitative estimate of drug-likeness (QED) is 0.800. The number of hydrogen-bond acceptors (Lipinski definition) is 1. The van der Waals surface area contributed by atoms with Gasteiger partial charge in [0, 0.05) is 12.2 Å².